The van der Waals surface area contributed by atoms with Gasteiger partial charge >= 0.3 is 0 Å². The summed E-state index contributed by atoms with van der Waals surface area (Å²) >= 11 is 2.82. The van der Waals surface area contributed by atoms with Crippen molar-refractivity contribution in [3.63, 3.8) is 0 Å². The standard InChI is InChI=1S/C16H21FN4OS2/c1-4-9-18-15-20-21-16(24-15)23-11(3)14(22)19-10(2)12-5-7-13(17)8-6-12/h5-8,10-11H,4,9H2,1-3H3,(H,18,20)(H,19,22). The van der Waals surface area contributed by atoms with Crippen LogP contribution in [0.25, 0.3) is 0 Å². The van der Waals surface area contributed by atoms with Crippen molar-refractivity contribution in [1.82, 2.24) is 15.5 Å². The summed E-state index contributed by atoms with van der Waals surface area (Å²) in [6, 6.07) is 5.95. The fourth-order valence-electron chi connectivity index (χ4n) is 1.93. The first-order valence-electron chi connectivity index (χ1n) is 7.79. The molecule has 1 amide bonds. The fourth-order valence-corrected chi connectivity index (χ4v) is 3.86. The normalized spacial score (nSPS) is 13.3. The first kappa shape index (κ1) is 18.7. The lowest BCUT2D eigenvalue weighted by atomic mass is 10.1. The summed E-state index contributed by atoms with van der Waals surface area (Å²) in [6.07, 6.45) is 1.02. The monoisotopic (exact) mass is 368 g/mol. The van der Waals surface area contributed by atoms with E-state index in [-0.39, 0.29) is 23.0 Å². The maximum atomic E-state index is 13.0. The largest absolute Gasteiger partial charge is 0.360 e. The summed E-state index contributed by atoms with van der Waals surface area (Å²) in [5, 5.41) is 14.7. The number of nitrogens with zero attached hydrogens (tertiary/aromatic N) is 2. The molecule has 8 heteroatoms. The van der Waals surface area contributed by atoms with Crippen molar-refractivity contribution in [3.05, 3.63) is 35.6 Å². The minimum Gasteiger partial charge on any atom is -0.360 e. The lowest BCUT2D eigenvalue weighted by molar-refractivity contribution is -0.120. The number of carbonyl (C=O) groups is 1. The lowest BCUT2D eigenvalue weighted by Gasteiger charge is -2.17. The molecule has 130 valence electrons. The molecule has 2 unspecified atom stereocenters. The highest BCUT2D eigenvalue weighted by molar-refractivity contribution is 8.02. The Labute approximate surface area is 149 Å². The Hall–Kier alpha value is -1.67. The summed E-state index contributed by atoms with van der Waals surface area (Å²) < 4.78 is 13.7. The maximum absolute atomic E-state index is 13.0. The predicted molar refractivity (Wildman–Crippen MR) is 97.0 cm³/mol. The quantitative estimate of drug-likeness (QED) is 0.693. The number of hydrogen-bond donors (Lipinski definition) is 2. The highest BCUT2D eigenvalue weighted by Crippen LogP contribution is 2.29. The van der Waals surface area contributed by atoms with Crippen LogP contribution in [-0.4, -0.2) is 27.9 Å². The Morgan fingerprint density at radius 2 is 2.00 bits per heavy atom. The molecule has 24 heavy (non-hydrogen) atoms. The van der Waals surface area contributed by atoms with E-state index in [9.17, 15) is 9.18 Å². The number of thioether (sulfide) groups is 1. The molecule has 0 saturated carbocycles. The van der Waals surface area contributed by atoms with E-state index in [2.05, 4.69) is 27.8 Å². The van der Waals surface area contributed by atoms with Crippen molar-refractivity contribution >= 4 is 34.1 Å². The molecule has 2 aromatic rings. The van der Waals surface area contributed by atoms with Crippen molar-refractivity contribution in [1.29, 1.82) is 0 Å². The van der Waals surface area contributed by atoms with Crippen LogP contribution in [0.5, 0.6) is 0 Å². The van der Waals surface area contributed by atoms with Gasteiger partial charge in [0.1, 0.15) is 5.82 Å². The van der Waals surface area contributed by atoms with Gasteiger partial charge in [-0.2, -0.15) is 0 Å². The number of hydrogen-bond acceptors (Lipinski definition) is 6. The summed E-state index contributed by atoms with van der Waals surface area (Å²) in [5.74, 6) is -0.375. The zero-order valence-electron chi connectivity index (χ0n) is 13.9. The molecule has 0 aliphatic rings. The van der Waals surface area contributed by atoms with Crippen LogP contribution in [0.15, 0.2) is 28.6 Å². The summed E-state index contributed by atoms with van der Waals surface area (Å²) in [7, 11) is 0. The van der Waals surface area contributed by atoms with Crippen LogP contribution < -0.4 is 10.6 Å². The van der Waals surface area contributed by atoms with Crippen LogP contribution in [0.1, 0.15) is 38.8 Å². The maximum Gasteiger partial charge on any atom is 0.233 e. The van der Waals surface area contributed by atoms with Gasteiger partial charge in [-0.15, -0.1) is 10.2 Å². The zero-order valence-corrected chi connectivity index (χ0v) is 15.5. The van der Waals surface area contributed by atoms with Crippen molar-refractivity contribution in [2.24, 2.45) is 0 Å². The molecule has 2 atom stereocenters. The van der Waals surface area contributed by atoms with Gasteiger partial charge in [-0.05, 0) is 38.0 Å². The fraction of sp³-hybridized carbons (Fsp3) is 0.438. The molecule has 0 radical (unpaired) electrons. The van der Waals surface area contributed by atoms with E-state index in [1.165, 1.54) is 35.2 Å². The molecule has 0 aliphatic heterocycles. The van der Waals surface area contributed by atoms with Crippen molar-refractivity contribution in [2.75, 3.05) is 11.9 Å². The topological polar surface area (TPSA) is 66.9 Å². The highest BCUT2D eigenvalue weighted by Gasteiger charge is 2.19. The number of carbonyl (C=O) groups excluding carboxylic acids is 1. The Kier molecular flexibility index (Phi) is 6.99. The Bertz CT molecular complexity index is 662. The van der Waals surface area contributed by atoms with Crippen LogP contribution in [0, 0.1) is 5.82 Å². The molecule has 2 rings (SSSR count). The number of aromatic nitrogens is 2. The number of benzene rings is 1. The van der Waals surface area contributed by atoms with E-state index in [0.29, 0.717) is 0 Å². The van der Waals surface area contributed by atoms with Gasteiger partial charge in [-0.1, -0.05) is 42.2 Å². The average molecular weight is 369 g/mol. The molecule has 2 N–H and O–H groups in total. The van der Waals surface area contributed by atoms with Crippen LogP contribution in [0.3, 0.4) is 0 Å². The van der Waals surface area contributed by atoms with Gasteiger partial charge in [0.15, 0.2) is 4.34 Å². The van der Waals surface area contributed by atoms with E-state index in [0.717, 1.165) is 28.0 Å². The average Bonchev–Trinajstić information content (AvgIpc) is 3.00. The number of nitrogens with one attached hydrogen (secondary N) is 2. The third kappa shape index (κ3) is 5.45. The predicted octanol–water partition coefficient (Wildman–Crippen LogP) is 3.86. The molecule has 1 aromatic heterocycles. The van der Waals surface area contributed by atoms with Crippen molar-refractivity contribution in [2.45, 2.75) is 42.8 Å². The second-order valence-corrected chi connectivity index (χ2v) is 7.91. The zero-order chi connectivity index (χ0) is 17.5. The minimum absolute atomic E-state index is 0.0879. The smallest absolute Gasteiger partial charge is 0.233 e. The third-order valence-electron chi connectivity index (χ3n) is 3.31. The molecule has 0 fully saturated rings. The van der Waals surface area contributed by atoms with E-state index < -0.39 is 0 Å². The third-order valence-corrected chi connectivity index (χ3v) is 5.37. The molecule has 1 aromatic carbocycles. The van der Waals surface area contributed by atoms with E-state index in [1.54, 1.807) is 12.1 Å². The van der Waals surface area contributed by atoms with Gasteiger partial charge in [0.25, 0.3) is 0 Å². The summed E-state index contributed by atoms with van der Waals surface area (Å²) in [4.78, 5) is 12.3. The number of amides is 1. The second kappa shape index (κ2) is 8.98. The summed E-state index contributed by atoms with van der Waals surface area (Å²) in [6.45, 7) is 6.64. The Morgan fingerprint density at radius 3 is 2.67 bits per heavy atom. The molecule has 0 bridgehead atoms. The molecule has 0 spiro atoms. The molecular formula is C16H21FN4OS2. The SMILES string of the molecule is CCCNc1nnc(SC(C)C(=O)NC(C)c2ccc(F)cc2)s1. The van der Waals surface area contributed by atoms with Crippen LogP contribution in [-0.2, 0) is 4.79 Å². The number of halogens is 1. The van der Waals surface area contributed by atoms with E-state index in [4.69, 9.17) is 0 Å². The highest BCUT2D eigenvalue weighted by atomic mass is 32.2. The first-order valence-corrected chi connectivity index (χ1v) is 9.49. The summed E-state index contributed by atoms with van der Waals surface area (Å²) in [5.41, 5.74) is 0.865. The van der Waals surface area contributed by atoms with Crippen LogP contribution in [0.4, 0.5) is 9.52 Å². The van der Waals surface area contributed by atoms with Crippen LogP contribution >= 0.6 is 23.1 Å². The Balaban J connectivity index is 1.87. The number of rotatable bonds is 8. The number of anilines is 1. The van der Waals surface area contributed by atoms with Gasteiger partial charge < -0.3 is 10.6 Å². The molecule has 0 saturated heterocycles. The molecular weight excluding hydrogens is 347 g/mol. The Morgan fingerprint density at radius 1 is 1.29 bits per heavy atom. The van der Waals surface area contributed by atoms with Gasteiger partial charge in [0, 0.05) is 6.54 Å². The molecule has 1 heterocycles. The van der Waals surface area contributed by atoms with Gasteiger partial charge in [0.05, 0.1) is 11.3 Å². The van der Waals surface area contributed by atoms with E-state index >= 15 is 0 Å². The van der Waals surface area contributed by atoms with Gasteiger partial charge in [-0.3, -0.25) is 4.79 Å². The minimum atomic E-state index is -0.292. The molecule has 0 aliphatic carbocycles. The van der Waals surface area contributed by atoms with Crippen LogP contribution in [0.2, 0.25) is 0 Å². The van der Waals surface area contributed by atoms with Crippen molar-refractivity contribution in [3.8, 4) is 0 Å². The van der Waals surface area contributed by atoms with E-state index in [1.807, 2.05) is 13.8 Å². The lowest BCUT2D eigenvalue weighted by Crippen LogP contribution is -2.33. The van der Waals surface area contributed by atoms with Gasteiger partial charge in [-0.25, -0.2) is 4.39 Å². The van der Waals surface area contributed by atoms with Crippen molar-refractivity contribution < 1.29 is 9.18 Å². The molecule has 5 nitrogen and oxygen atoms in total. The van der Waals surface area contributed by atoms with Gasteiger partial charge in [0.2, 0.25) is 11.0 Å². The second-order valence-electron chi connectivity index (χ2n) is 5.34. The first-order chi connectivity index (χ1) is 11.5.